The molecule has 0 bridgehead atoms. The number of nitrogen functional groups attached to an aromatic ring is 1. The van der Waals surface area contributed by atoms with Gasteiger partial charge >= 0.3 is 0 Å². The molecule has 1 atom stereocenters. The fraction of sp³-hybridized carbons (Fsp3) is 0.643. The second-order valence-electron chi connectivity index (χ2n) is 6.32. The van der Waals surface area contributed by atoms with Gasteiger partial charge in [-0.3, -0.25) is 0 Å². The number of hydrogen-bond acceptors (Lipinski definition) is 6. The Balaban J connectivity index is 2.06. The maximum Gasteiger partial charge on any atom is 0.239 e. The molecular weight excluding hydrogens is 290 g/mol. The Hall–Kier alpha value is -1.50. The normalized spacial score (nSPS) is 21.2. The molecule has 1 fully saturated rings. The zero-order valence-corrected chi connectivity index (χ0v) is 13.5. The Kier molecular flexibility index (Phi) is 4.32. The van der Waals surface area contributed by atoms with Crippen LogP contribution in [0.5, 0.6) is 5.88 Å². The molecular formula is C14H23N3O3S. The van der Waals surface area contributed by atoms with Crippen LogP contribution in [0.1, 0.15) is 33.6 Å². The van der Waals surface area contributed by atoms with Crippen LogP contribution in [0.2, 0.25) is 0 Å². The molecule has 0 radical (unpaired) electrons. The molecule has 1 unspecified atom stereocenters. The van der Waals surface area contributed by atoms with Crippen LogP contribution in [-0.4, -0.2) is 36.6 Å². The molecule has 1 aromatic rings. The number of anilines is 2. The number of pyridine rings is 1. The highest BCUT2D eigenvalue weighted by molar-refractivity contribution is 7.92. The van der Waals surface area contributed by atoms with Crippen molar-refractivity contribution in [3.63, 3.8) is 0 Å². The van der Waals surface area contributed by atoms with E-state index in [1.165, 1.54) is 0 Å². The van der Waals surface area contributed by atoms with Crippen LogP contribution in [0.3, 0.4) is 0 Å². The van der Waals surface area contributed by atoms with Crippen LogP contribution in [0, 0.1) is 0 Å². The summed E-state index contributed by atoms with van der Waals surface area (Å²) in [6, 6.07) is 3.44. The van der Waals surface area contributed by atoms with Gasteiger partial charge in [0.2, 0.25) is 5.88 Å². The van der Waals surface area contributed by atoms with Crippen molar-refractivity contribution in [1.82, 2.24) is 4.98 Å². The summed E-state index contributed by atoms with van der Waals surface area (Å²) in [4.78, 5) is 4.31. The van der Waals surface area contributed by atoms with E-state index in [1.807, 2.05) is 20.8 Å². The van der Waals surface area contributed by atoms with Crippen molar-refractivity contribution < 1.29 is 13.2 Å². The van der Waals surface area contributed by atoms with Gasteiger partial charge in [-0.15, -0.1) is 0 Å². The highest BCUT2D eigenvalue weighted by Crippen LogP contribution is 2.26. The average molecular weight is 313 g/mol. The molecule has 6 nitrogen and oxygen atoms in total. The predicted octanol–water partition coefficient (Wildman–Crippen LogP) is 1.83. The Labute approximate surface area is 126 Å². The van der Waals surface area contributed by atoms with Crippen molar-refractivity contribution in [2.45, 2.75) is 44.5 Å². The van der Waals surface area contributed by atoms with Gasteiger partial charge in [0.25, 0.3) is 0 Å². The quantitative estimate of drug-likeness (QED) is 0.880. The van der Waals surface area contributed by atoms with Gasteiger partial charge in [0, 0.05) is 6.54 Å². The molecule has 2 rings (SSSR count). The van der Waals surface area contributed by atoms with Gasteiger partial charge in [0.1, 0.15) is 11.4 Å². The highest BCUT2D eigenvalue weighted by atomic mass is 32.2. The predicted molar refractivity (Wildman–Crippen MR) is 84.3 cm³/mol. The SMILES string of the molecule is CC(C)(C)Oc1nc(NCC2CCCS2(=O)=O)ccc1N. The molecule has 3 N–H and O–H groups in total. The smallest absolute Gasteiger partial charge is 0.239 e. The molecule has 2 heterocycles. The Morgan fingerprint density at radius 3 is 2.71 bits per heavy atom. The van der Waals surface area contributed by atoms with Crippen molar-refractivity contribution in [3.05, 3.63) is 12.1 Å². The molecule has 0 spiro atoms. The van der Waals surface area contributed by atoms with Crippen molar-refractivity contribution in [2.75, 3.05) is 23.3 Å². The summed E-state index contributed by atoms with van der Waals surface area (Å²) in [5, 5.41) is 2.74. The molecule has 1 aromatic heterocycles. The first kappa shape index (κ1) is 15.9. The summed E-state index contributed by atoms with van der Waals surface area (Å²) in [5.41, 5.74) is 5.91. The molecule has 0 amide bonds. The maximum absolute atomic E-state index is 11.8. The van der Waals surface area contributed by atoms with Gasteiger partial charge in [-0.2, -0.15) is 4.98 Å². The minimum atomic E-state index is -2.95. The van der Waals surface area contributed by atoms with E-state index in [4.69, 9.17) is 10.5 Å². The van der Waals surface area contributed by atoms with Gasteiger partial charge in [-0.1, -0.05) is 0 Å². The van der Waals surface area contributed by atoms with Gasteiger partial charge in [-0.25, -0.2) is 8.42 Å². The van der Waals surface area contributed by atoms with Gasteiger partial charge < -0.3 is 15.8 Å². The van der Waals surface area contributed by atoms with E-state index in [9.17, 15) is 8.42 Å². The fourth-order valence-corrected chi connectivity index (χ4v) is 3.99. The van der Waals surface area contributed by atoms with Crippen LogP contribution in [0.25, 0.3) is 0 Å². The minimum absolute atomic E-state index is 0.285. The number of aromatic nitrogens is 1. The average Bonchev–Trinajstić information content (AvgIpc) is 2.68. The number of nitrogens with two attached hydrogens (primary N) is 1. The molecule has 1 aliphatic rings. The van der Waals surface area contributed by atoms with Gasteiger partial charge in [0.05, 0.1) is 16.7 Å². The van der Waals surface area contributed by atoms with E-state index in [0.717, 1.165) is 6.42 Å². The number of hydrogen-bond donors (Lipinski definition) is 2. The van der Waals surface area contributed by atoms with Crippen molar-refractivity contribution in [2.24, 2.45) is 0 Å². The minimum Gasteiger partial charge on any atom is -0.470 e. The van der Waals surface area contributed by atoms with Crippen LogP contribution in [0.4, 0.5) is 11.5 Å². The fourth-order valence-electron chi connectivity index (χ4n) is 2.23. The summed E-state index contributed by atoms with van der Waals surface area (Å²) in [7, 11) is -2.95. The van der Waals surface area contributed by atoms with E-state index >= 15 is 0 Å². The number of nitrogens with one attached hydrogen (secondary N) is 1. The Morgan fingerprint density at radius 2 is 2.14 bits per heavy atom. The molecule has 21 heavy (non-hydrogen) atoms. The number of ether oxygens (including phenoxy) is 1. The van der Waals surface area contributed by atoms with Crippen molar-refractivity contribution >= 4 is 21.3 Å². The molecule has 7 heteroatoms. The van der Waals surface area contributed by atoms with Gasteiger partial charge in [-0.05, 0) is 45.7 Å². The van der Waals surface area contributed by atoms with E-state index in [2.05, 4.69) is 10.3 Å². The van der Waals surface area contributed by atoms with E-state index in [0.29, 0.717) is 30.4 Å². The number of nitrogens with zero attached hydrogens (tertiary/aromatic N) is 1. The summed E-state index contributed by atoms with van der Waals surface area (Å²) < 4.78 is 29.3. The lowest BCUT2D eigenvalue weighted by molar-refractivity contribution is 0.125. The lowest BCUT2D eigenvalue weighted by Crippen LogP contribution is -2.26. The largest absolute Gasteiger partial charge is 0.470 e. The third-order valence-corrected chi connectivity index (χ3v) is 5.54. The van der Waals surface area contributed by atoms with Crippen LogP contribution >= 0.6 is 0 Å². The third-order valence-electron chi connectivity index (χ3n) is 3.27. The summed E-state index contributed by atoms with van der Waals surface area (Å²) in [6.07, 6.45) is 1.44. The van der Waals surface area contributed by atoms with E-state index in [-0.39, 0.29) is 11.0 Å². The maximum atomic E-state index is 11.8. The van der Waals surface area contributed by atoms with Gasteiger partial charge in [0.15, 0.2) is 9.84 Å². The number of sulfone groups is 1. The third kappa shape index (κ3) is 4.23. The highest BCUT2D eigenvalue weighted by Gasteiger charge is 2.30. The molecule has 1 saturated heterocycles. The molecule has 0 aromatic carbocycles. The first-order valence-corrected chi connectivity index (χ1v) is 8.80. The molecule has 0 aliphatic carbocycles. The summed E-state index contributed by atoms with van der Waals surface area (Å²) >= 11 is 0. The Bertz CT molecular complexity index is 608. The monoisotopic (exact) mass is 313 g/mol. The van der Waals surface area contributed by atoms with Crippen LogP contribution in [0.15, 0.2) is 12.1 Å². The lowest BCUT2D eigenvalue weighted by atomic mass is 10.2. The zero-order valence-electron chi connectivity index (χ0n) is 12.7. The van der Waals surface area contributed by atoms with Crippen molar-refractivity contribution in [1.29, 1.82) is 0 Å². The molecule has 1 aliphatic heterocycles. The standard InChI is InChI=1S/C14H23N3O3S/c1-14(2,3)20-13-11(15)6-7-12(17-13)16-9-10-5-4-8-21(10,18)19/h6-7,10H,4-5,8-9,15H2,1-3H3,(H,16,17). The first-order chi connectivity index (χ1) is 9.67. The topological polar surface area (TPSA) is 94.3 Å². The Morgan fingerprint density at radius 1 is 1.43 bits per heavy atom. The zero-order chi connectivity index (χ0) is 15.7. The van der Waals surface area contributed by atoms with Crippen LogP contribution in [-0.2, 0) is 9.84 Å². The summed E-state index contributed by atoms with van der Waals surface area (Å²) in [5.74, 6) is 1.22. The molecule has 0 saturated carbocycles. The van der Waals surface area contributed by atoms with E-state index < -0.39 is 15.4 Å². The molecule has 118 valence electrons. The second kappa shape index (κ2) is 5.71. The summed E-state index contributed by atoms with van der Waals surface area (Å²) in [6.45, 7) is 6.12. The van der Waals surface area contributed by atoms with E-state index in [1.54, 1.807) is 12.1 Å². The number of rotatable bonds is 4. The van der Waals surface area contributed by atoms with Crippen molar-refractivity contribution in [3.8, 4) is 5.88 Å². The lowest BCUT2D eigenvalue weighted by Gasteiger charge is -2.22. The van der Waals surface area contributed by atoms with Crippen LogP contribution < -0.4 is 15.8 Å². The first-order valence-electron chi connectivity index (χ1n) is 7.08. The second-order valence-corrected chi connectivity index (χ2v) is 8.72.